The van der Waals surface area contributed by atoms with Crippen molar-refractivity contribution in [2.75, 3.05) is 43.4 Å². The third-order valence-corrected chi connectivity index (χ3v) is 6.64. The summed E-state index contributed by atoms with van der Waals surface area (Å²) in [7, 11) is 0.867. The van der Waals surface area contributed by atoms with Gasteiger partial charge in [-0.25, -0.2) is 0 Å². The molecule has 0 saturated heterocycles. The van der Waals surface area contributed by atoms with Crippen molar-refractivity contribution in [3.63, 3.8) is 0 Å². The summed E-state index contributed by atoms with van der Waals surface area (Å²) in [6.07, 6.45) is 0. The summed E-state index contributed by atoms with van der Waals surface area (Å²) in [5.41, 5.74) is 3.14. The van der Waals surface area contributed by atoms with Crippen LogP contribution >= 0.6 is 0 Å². The van der Waals surface area contributed by atoms with Gasteiger partial charge in [-0.15, -0.1) is 0 Å². The summed E-state index contributed by atoms with van der Waals surface area (Å²) >= 11 is 0. The highest BCUT2D eigenvalue weighted by Crippen LogP contribution is 2.18. The van der Waals surface area contributed by atoms with E-state index in [0.717, 1.165) is 28.6 Å². The van der Waals surface area contributed by atoms with Crippen molar-refractivity contribution in [2.24, 2.45) is 0 Å². The van der Waals surface area contributed by atoms with Crippen molar-refractivity contribution in [3.8, 4) is 0 Å². The molecule has 2 rings (SSSR count). The molecule has 0 bridgehead atoms. The summed E-state index contributed by atoms with van der Waals surface area (Å²) in [6, 6.07) is 14.6. The zero-order chi connectivity index (χ0) is 21.6. The molecule has 0 unspecified atom stereocenters. The molecule has 158 valence electrons. The Kier molecular flexibility index (Phi) is 7.64. The molecule has 0 heterocycles. The number of nitrogens with one attached hydrogen (secondary N) is 1. The van der Waals surface area contributed by atoms with Crippen LogP contribution in [0.25, 0.3) is 0 Å². The van der Waals surface area contributed by atoms with Gasteiger partial charge in [0.25, 0.3) is 5.91 Å². The zero-order valence-corrected chi connectivity index (χ0v) is 18.5. The largest absolute Gasteiger partial charge is 0.372 e. The molecule has 8 heteroatoms. The Labute approximate surface area is 174 Å². The van der Waals surface area contributed by atoms with Gasteiger partial charge in [0.1, 0.15) is 0 Å². The number of hydrogen-bond acceptors (Lipinski definition) is 4. The Hall–Kier alpha value is -2.58. The van der Waals surface area contributed by atoms with Crippen LogP contribution in [0.5, 0.6) is 0 Å². The molecule has 2 aromatic carbocycles. The van der Waals surface area contributed by atoms with Crippen LogP contribution in [0.15, 0.2) is 48.5 Å². The second-order valence-electron chi connectivity index (χ2n) is 6.83. The summed E-state index contributed by atoms with van der Waals surface area (Å²) in [5.74, 6) is -0.206. The summed E-state index contributed by atoms with van der Waals surface area (Å²) in [5, 5.41) is 2.90. The second kappa shape index (κ2) is 9.76. The number of carbonyl (C=O) groups is 1. The highest BCUT2D eigenvalue weighted by molar-refractivity contribution is 7.90. The molecule has 0 aliphatic heterocycles. The van der Waals surface area contributed by atoms with Gasteiger partial charge in [0.15, 0.2) is 0 Å². The van der Waals surface area contributed by atoms with Crippen molar-refractivity contribution in [2.45, 2.75) is 20.4 Å². The SMILES string of the molecule is CCN(CC)c1ccc(CNC(=O)c2ccc(N(C)S(=O)(=O)N(C)C)cc2)cc1. The van der Waals surface area contributed by atoms with Gasteiger partial charge in [0, 0.05) is 52.0 Å². The second-order valence-corrected chi connectivity index (χ2v) is 9.00. The third kappa shape index (κ3) is 5.48. The van der Waals surface area contributed by atoms with E-state index in [1.807, 2.05) is 12.1 Å². The Morgan fingerprint density at radius 1 is 0.862 bits per heavy atom. The lowest BCUT2D eigenvalue weighted by Gasteiger charge is -2.23. The van der Waals surface area contributed by atoms with Crippen molar-refractivity contribution in [3.05, 3.63) is 59.7 Å². The molecule has 1 N–H and O–H groups in total. The van der Waals surface area contributed by atoms with Gasteiger partial charge >= 0.3 is 10.2 Å². The standard InChI is InChI=1S/C21H30N4O3S/c1-6-25(7-2)20-12-8-17(9-13-20)16-22-21(26)18-10-14-19(15-11-18)24(5)29(27,28)23(3)4/h8-15H,6-7,16H2,1-5H3,(H,22,26). The van der Waals surface area contributed by atoms with Crippen molar-refractivity contribution < 1.29 is 13.2 Å². The maximum absolute atomic E-state index is 12.4. The van der Waals surface area contributed by atoms with Crippen molar-refractivity contribution in [1.82, 2.24) is 9.62 Å². The maximum Gasteiger partial charge on any atom is 0.303 e. The van der Waals surface area contributed by atoms with Crippen LogP contribution in [0.3, 0.4) is 0 Å². The summed E-state index contributed by atoms with van der Waals surface area (Å²) in [6.45, 7) is 6.57. The van der Waals surface area contributed by atoms with Gasteiger partial charge in [-0.1, -0.05) is 12.1 Å². The highest BCUT2D eigenvalue weighted by Gasteiger charge is 2.21. The third-order valence-electron chi connectivity index (χ3n) is 4.82. The minimum absolute atomic E-state index is 0.206. The predicted molar refractivity (Wildman–Crippen MR) is 119 cm³/mol. The number of amides is 1. The normalized spacial score (nSPS) is 11.4. The molecule has 1 amide bonds. The smallest absolute Gasteiger partial charge is 0.303 e. The molecule has 2 aromatic rings. The van der Waals surface area contributed by atoms with Crippen LogP contribution in [0.1, 0.15) is 29.8 Å². The number of nitrogens with zero attached hydrogens (tertiary/aromatic N) is 3. The average molecular weight is 419 g/mol. The van der Waals surface area contributed by atoms with E-state index >= 15 is 0 Å². The average Bonchev–Trinajstić information content (AvgIpc) is 2.73. The lowest BCUT2D eigenvalue weighted by atomic mass is 10.1. The predicted octanol–water partition coefficient (Wildman–Crippen LogP) is 2.71. The molecule has 0 aromatic heterocycles. The topological polar surface area (TPSA) is 73.0 Å². The first kappa shape index (κ1) is 22.7. The molecule has 0 spiro atoms. The number of hydrogen-bond donors (Lipinski definition) is 1. The van der Waals surface area contributed by atoms with E-state index in [-0.39, 0.29) is 5.91 Å². The Morgan fingerprint density at radius 2 is 1.38 bits per heavy atom. The molecular formula is C21H30N4O3S. The molecule has 0 saturated carbocycles. The fourth-order valence-corrected chi connectivity index (χ4v) is 3.78. The minimum Gasteiger partial charge on any atom is -0.372 e. The van der Waals surface area contributed by atoms with E-state index in [1.165, 1.54) is 25.4 Å². The fourth-order valence-electron chi connectivity index (χ4n) is 2.90. The molecule has 7 nitrogen and oxygen atoms in total. The first-order valence-electron chi connectivity index (χ1n) is 9.59. The van der Waals surface area contributed by atoms with Crippen LogP contribution < -0.4 is 14.5 Å². The molecule has 0 atom stereocenters. The Morgan fingerprint density at radius 3 is 1.86 bits per heavy atom. The van der Waals surface area contributed by atoms with E-state index < -0.39 is 10.2 Å². The van der Waals surface area contributed by atoms with E-state index in [9.17, 15) is 13.2 Å². The van der Waals surface area contributed by atoms with Crippen LogP contribution in [0.2, 0.25) is 0 Å². The van der Waals surface area contributed by atoms with E-state index in [4.69, 9.17) is 0 Å². The van der Waals surface area contributed by atoms with E-state index in [2.05, 4.69) is 36.2 Å². The fraction of sp³-hybridized carbons (Fsp3) is 0.381. The number of rotatable bonds is 9. The van der Waals surface area contributed by atoms with Gasteiger partial charge in [0.05, 0.1) is 5.69 Å². The van der Waals surface area contributed by atoms with Crippen molar-refractivity contribution >= 4 is 27.5 Å². The minimum atomic E-state index is -3.56. The summed E-state index contributed by atoms with van der Waals surface area (Å²) in [4.78, 5) is 14.7. The molecule has 0 radical (unpaired) electrons. The molecule has 0 fully saturated rings. The molecule has 29 heavy (non-hydrogen) atoms. The van der Waals surface area contributed by atoms with Gasteiger partial charge in [-0.05, 0) is 55.8 Å². The number of carbonyl (C=O) groups excluding carboxylic acids is 1. The van der Waals surface area contributed by atoms with Crippen molar-refractivity contribution in [1.29, 1.82) is 0 Å². The molecular weight excluding hydrogens is 388 g/mol. The van der Waals surface area contributed by atoms with Gasteiger partial charge in [0.2, 0.25) is 0 Å². The first-order valence-corrected chi connectivity index (χ1v) is 11.0. The number of benzene rings is 2. The monoisotopic (exact) mass is 418 g/mol. The van der Waals surface area contributed by atoms with Crippen LogP contribution in [-0.4, -0.2) is 52.9 Å². The van der Waals surface area contributed by atoms with Crippen LogP contribution in [0, 0.1) is 0 Å². The zero-order valence-electron chi connectivity index (χ0n) is 17.7. The van der Waals surface area contributed by atoms with Gasteiger partial charge in [-0.3, -0.25) is 9.10 Å². The lowest BCUT2D eigenvalue weighted by molar-refractivity contribution is 0.0951. The lowest BCUT2D eigenvalue weighted by Crippen LogP contribution is -2.37. The van der Waals surface area contributed by atoms with Crippen LogP contribution in [0.4, 0.5) is 11.4 Å². The summed E-state index contributed by atoms with van der Waals surface area (Å²) < 4.78 is 26.7. The molecule has 0 aliphatic rings. The Balaban J connectivity index is 1.99. The quantitative estimate of drug-likeness (QED) is 0.680. The van der Waals surface area contributed by atoms with E-state index in [1.54, 1.807) is 24.3 Å². The highest BCUT2D eigenvalue weighted by atomic mass is 32.2. The van der Waals surface area contributed by atoms with E-state index in [0.29, 0.717) is 17.8 Å². The van der Waals surface area contributed by atoms with Gasteiger partial charge < -0.3 is 10.2 Å². The Bertz CT molecular complexity index is 906. The maximum atomic E-state index is 12.4. The molecule has 0 aliphatic carbocycles. The number of anilines is 2. The first-order chi connectivity index (χ1) is 13.7. The van der Waals surface area contributed by atoms with Crippen LogP contribution in [-0.2, 0) is 16.8 Å². The van der Waals surface area contributed by atoms with Gasteiger partial charge in [-0.2, -0.15) is 12.7 Å².